The van der Waals surface area contributed by atoms with E-state index in [1.807, 2.05) is 6.20 Å². The number of esters is 1. The summed E-state index contributed by atoms with van der Waals surface area (Å²) in [5.74, 6) is 0.459. The number of halogens is 2. The highest BCUT2D eigenvalue weighted by Gasteiger charge is 2.36. The largest absolute Gasteiger partial charge is 0.469 e. The van der Waals surface area contributed by atoms with E-state index in [1.54, 1.807) is 19.2 Å². The van der Waals surface area contributed by atoms with Crippen molar-refractivity contribution in [2.75, 3.05) is 33.8 Å². The van der Waals surface area contributed by atoms with Crippen molar-refractivity contribution in [1.82, 2.24) is 15.2 Å². The monoisotopic (exact) mass is 488 g/mol. The van der Waals surface area contributed by atoms with Crippen molar-refractivity contribution < 1.29 is 13.9 Å². The number of methoxy groups -OCH3 is 1. The Morgan fingerprint density at radius 1 is 1.44 bits per heavy atom. The fourth-order valence-corrected chi connectivity index (χ4v) is 3.60. The summed E-state index contributed by atoms with van der Waals surface area (Å²) in [5.41, 5.74) is 1.99. The third kappa shape index (κ3) is 4.72. The molecule has 0 aliphatic carbocycles. The van der Waals surface area contributed by atoms with Crippen LogP contribution >= 0.6 is 24.0 Å². The number of ether oxygens (including phenoxy) is 1. The number of carbonyl (C=O) groups is 1. The van der Waals surface area contributed by atoms with Crippen LogP contribution in [0.3, 0.4) is 0 Å². The first-order valence-corrected chi connectivity index (χ1v) is 8.82. The van der Waals surface area contributed by atoms with Gasteiger partial charge in [-0.3, -0.25) is 9.79 Å². The number of fused-ring (bicyclic) bond motifs is 1. The van der Waals surface area contributed by atoms with E-state index in [9.17, 15) is 9.18 Å². The van der Waals surface area contributed by atoms with Crippen LogP contribution in [0, 0.1) is 17.7 Å². The Morgan fingerprint density at radius 2 is 2.22 bits per heavy atom. The number of aliphatic imine (C=N–C) groups is 1. The molecule has 0 spiro atoms. The second kappa shape index (κ2) is 9.38. The summed E-state index contributed by atoms with van der Waals surface area (Å²) in [6.07, 6.45) is 2.66. The van der Waals surface area contributed by atoms with E-state index in [0.29, 0.717) is 13.1 Å². The molecule has 2 heterocycles. The Labute approximate surface area is 175 Å². The first-order valence-electron chi connectivity index (χ1n) is 8.82. The van der Waals surface area contributed by atoms with Gasteiger partial charge >= 0.3 is 5.97 Å². The number of likely N-dealkylation sites (tertiary alicyclic amines) is 1. The molecule has 8 heteroatoms. The number of benzene rings is 1. The molecule has 1 aromatic carbocycles. The van der Waals surface area contributed by atoms with Crippen molar-refractivity contribution >= 4 is 46.8 Å². The van der Waals surface area contributed by atoms with Crippen molar-refractivity contribution in [3.05, 3.63) is 35.8 Å². The number of aromatic nitrogens is 1. The zero-order valence-corrected chi connectivity index (χ0v) is 18.1. The minimum atomic E-state index is -0.234. The van der Waals surface area contributed by atoms with Crippen molar-refractivity contribution in [2.45, 2.75) is 13.3 Å². The number of aromatic amines is 1. The van der Waals surface area contributed by atoms with Gasteiger partial charge in [0.1, 0.15) is 5.82 Å². The molecule has 2 aromatic rings. The van der Waals surface area contributed by atoms with Crippen LogP contribution in [0.4, 0.5) is 4.39 Å². The van der Waals surface area contributed by atoms with E-state index in [4.69, 9.17) is 4.74 Å². The topological polar surface area (TPSA) is 69.7 Å². The maximum absolute atomic E-state index is 13.5. The van der Waals surface area contributed by atoms with Gasteiger partial charge in [0.25, 0.3) is 0 Å². The van der Waals surface area contributed by atoms with Gasteiger partial charge in [0.2, 0.25) is 0 Å². The fraction of sp³-hybridized carbons (Fsp3) is 0.474. The second-order valence-corrected chi connectivity index (χ2v) is 6.74. The van der Waals surface area contributed by atoms with Gasteiger partial charge in [-0.2, -0.15) is 0 Å². The molecule has 2 N–H and O–H groups in total. The van der Waals surface area contributed by atoms with Crippen LogP contribution in [0.2, 0.25) is 0 Å². The summed E-state index contributed by atoms with van der Waals surface area (Å²) < 4.78 is 18.4. The highest BCUT2D eigenvalue weighted by Crippen LogP contribution is 2.24. The van der Waals surface area contributed by atoms with Gasteiger partial charge in [0.15, 0.2) is 5.96 Å². The minimum absolute atomic E-state index is 0. The number of carbonyl (C=O) groups excluding carboxylic acids is 1. The van der Waals surface area contributed by atoms with Crippen LogP contribution in [0.5, 0.6) is 0 Å². The quantitative estimate of drug-likeness (QED) is 0.301. The van der Waals surface area contributed by atoms with Gasteiger partial charge in [-0.1, -0.05) is 6.92 Å². The molecule has 0 saturated carbocycles. The number of hydrogen-bond donors (Lipinski definition) is 2. The Morgan fingerprint density at radius 3 is 2.93 bits per heavy atom. The van der Waals surface area contributed by atoms with E-state index >= 15 is 0 Å². The molecule has 1 fully saturated rings. The molecule has 2 unspecified atom stereocenters. The van der Waals surface area contributed by atoms with E-state index in [1.165, 1.54) is 13.2 Å². The summed E-state index contributed by atoms with van der Waals surface area (Å²) in [7, 11) is 3.16. The summed E-state index contributed by atoms with van der Waals surface area (Å²) in [4.78, 5) is 21.4. The standard InChI is InChI=1S/C19H25FN4O2.HI/c1-12-10-24(11-16(12)18(25)26-3)19(21-2)22-7-6-13-9-23-17-5-4-14(20)8-15(13)17;/h4-5,8-9,12,16,23H,6-7,10-11H2,1-3H3,(H,21,22);1H. The number of rotatable bonds is 4. The maximum Gasteiger partial charge on any atom is 0.310 e. The van der Waals surface area contributed by atoms with Crippen molar-refractivity contribution in [2.24, 2.45) is 16.8 Å². The lowest BCUT2D eigenvalue weighted by molar-refractivity contribution is -0.145. The van der Waals surface area contributed by atoms with Crippen LogP contribution in [-0.2, 0) is 16.0 Å². The summed E-state index contributed by atoms with van der Waals surface area (Å²) in [6, 6.07) is 4.76. The van der Waals surface area contributed by atoms with Crippen molar-refractivity contribution in [1.29, 1.82) is 0 Å². The number of nitrogens with zero attached hydrogens (tertiary/aromatic N) is 2. The maximum atomic E-state index is 13.5. The van der Waals surface area contributed by atoms with Gasteiger partial charge in [0.05, 0.1) is 13.0 Å². The first kappa shape index (κ1) is 21.5. The molecular weight excluding hydrogens is 462 g/mol. The minimum Gasteiger partial charge on any atom is -0.469 e. The van der Waals surface area contributed by atoms with Crippen LogP contribution < -0.4 is 5.32 Å². The van der Waals surface area contributed by atoms with E-state index < -0.39 is 0 Å². The highest BCUT2D eigenvalue weighted by molar-refractivity contribution is 14.0. The molecular formula is C19H26FIN4O2. The third-order valence-corrected chi connectivity index (χ3v) is 5.03. The summed E-state index contributed by atoms with van der Waals surface area (Å²) in [5, 5.41) is 4.25. The predicted molar refractivity (Wildman–Crippen MR) is 115 cm³/mol. The molecule has 1 aromatic heterocycles. The SMILES string of the molecule is CN=C(NCCc1c[nH]c2ccc(F)cc12)N1CC(C)C(C(=O)OC)C1.I. The first-order chi connectivity index (χ1) is 12.5. The fourth-order valence-electron chi connectivity index (χ4n) is 3.60. The lowest BCUT2D eigenvalue weighted by Crippen LogP contribution is -2.41. The Hall–Kier alpha value is -1.84. The van der Waals surface area contributed by atoms with E-state index in [-0.39, 0.29) is 47.6 Å². The molecule has 1 aliphatic rings. The van der Waals surface area contributed by atoms with Gasteiger partial charge in [-0.05, 0) is 36.1 Å². The molecule has 0 radical (unpaired) electrons. The molecule has 1 aliphatic heterocycles. The zero-order valence-electron chi connectivity index (χ0n) is 15.8. The Kier molecular flexibility index (Phi) is 7.46. The van der Waals surface area contributed by atoms with Crippen LogP contribution in [-0.4, -0.2) is 55.6 Å². The Balaban J connectivity index is 0.00000261. The molecule has 6 nitrogen and oxygen atoms in total. The number of H-pyrrole nitrogens is 1. The smallest absolute Gasteiger partial charge is 0.310 e. The van der Waals surface area contributed by atoms with Crippen molar-refractivity contribution in [3.63, 3.8) is 0 Å². The molecule has 27 heavy (non-hydrogen) atoms. The molecule has 3 rings (SSSR count). The van der Waals surface area contributed by atoms with Crippen molar-refractivity contribution in [3.8, 4) is 0 Å². The number of nitrogens with one attached hydrogen (secondary N) is 2. The van der Waals surface area contributed by atoms with E-state index in [0.717, 1.165) is 35.4 Å². The lowest BCUT2D eigenvalue weighted by Gasteiger charge is -2.21. The highest BCUT2D eigenvalue weighted by atomic mass is 127. The molecule has 148 valence electrons. The van der Waals surface area contributed by atoms with Gasteiger partial charge < -0.3 is 19.9 Å². The number of guanidine groups is 1. The third-order valence-electron chi connectivity index (χ3n) is 5.03. The average Bonchev–Trinajstić information content (AvgIpc) is 3.21. The Bertz CT molecular complexity index is 823. The molecule has 1 saturated heterocycles. The van der Waals surface area contributed by atoms with Crippen LogP contribution in [0.1, 0.15) is 12.5 Å². The summed E-state index contributed by atoms with van der Waals surface area (Å²) >= 11 is 0. The molecule has 0 amide bonds. The second-order valence-electron chi connectivity index (χ2n) is 6.74. The van der Waals surface area contributed by atoms with Crippen LogP contribution in [0.15, 0.2) is 29.4 Å². The summed E-state index contributed by atoms with van der Waals surface area (Å²) in [6.45, 7) is 4.09. The predicted octanol–water partition coefficient (Wildman–Crippen LogP) is 2.78. The normalized spacial score (nSPS) is 19.9. The van der Waals surface area contributed by atoms with Crippen LogP contribution in [0.25, 0.3) is 10.9 Å². The van der Waals surface area contributed by atoms with Gasteiger partial charge in [0, 0.05) is 43.8 Å². The average molecular weight is 488 g/mol. The van der Waals surface area contributed by atoms with Gasteiger partial charge in [-0.15, -0.1) is 24.0 Å². The number of hydrogen-bond acceptors (Lipinski definition) is 3. The van der Waals surface area contributed by atoms with Gasteiger partial charge in [-0.25, -0.2) is 4.39 Å². The zero-order chi connectivity index (χ0) is 18.7. The molecule has 0 bridgehead atoms. The lowest BCUT2D eigenvalue weighted by atomic mass is 9.99. The molecule has 2 atom stereocenters. The van der Waals surface area contributed by atoms with E-state index in [2.05, 4.69) is 27.1 Å².